The zero-order valence-electron chi connectivity index (χ0n) is 18.6. The molecule has 0 amide bonds. The summed E-state index contributed by atoms with van der Waals surface area (Å²) in [6.07, 6.45) is 12.2. The number of hydrogen-bond donors (Lipinski definition) is 0. The van der Waals surface area contributed by atoms with E-state index in [0.29, 0.717) is 23.2 Å². The number of carbonyl (C=O) groups is 1. The maximum atomic E-state index is 12.6. The lowest BCUT2D eigenvalue weighted by atomic mass is 9.48. The van der Waals surface area contributed by atoms with Gasteiger partial charge >= 0.3 is 0 Å². The molecule has 0 heterocycles. The van der Waals surface area contributed by atoms with Crippen molar-refractivity contribution >= 4 is 5.78 Å². The molecule has 4 aliphatic carbocycles. The van der Waals surface area contributed by atoms with Gasteiger partial charge in [-0.05, 0) is 81.2 Å². The second-order valence-electron chi connectivity index (χ2n) is 10.4. The lowest BCUT2D eigenvalue weighted by molar-refractivity contribution is -0.132. The van der Waals surface area contributed by atoms with Gasteiger partial charge in [-0.15, -0.1) is 0 Å². The first-order valence-corrected chi connectivity index (χ1v) is 12.0. The van der Waals surface area contributed by atoms with E-state index >= 15 is 0 Å². The standard InChI is InChI=1S/C25H41NO2/c1-5-26(6-2)15-16-28-19-11-13-24(3)18(17-19)7-8-20-21-9-10-23(27)25(21,4)14-12-22(20)24/h7,19-22H,5-6,8-17H2,1-4H3/t19?,20-,21-,22-,24-,25-/m0/s1. The van der Waals surface area contributed by atoms with Crippen molar-refractivity contribution < 1.29 is 9.53 Å². The molecule has 0 aliphatic heterocycles. The monoisotopic (exact) mass is 387 g/mol. The molecule has 0 aromatic rings. The van der Waals surface area contributed by atoms with Gasteiger partial charge in [0.15, 0.2) is 0 Å². The minimum absolute atomic E-state index is 0.00634. The van der Waals surface area contributed by atoms with Crippen LogP contribution in [0.25, 0.3) is 0 Å². The number of hydrogen-bond acceptors (Lipinski definition) is 3. The highest BCUT2D eigenvalue weighted by molar-refractivity contribution is 5.87. The average molecular weight is 388 g/mol. The maximum absolute atomic E-state index is 12.6. The molecule has 28 heavy (non-hydrogen) atoms. The summed E-state index contributed by atoms with van der Waals surface area (Å²) < 4.78 is 6.32. The third-order valence-corrected chi connectivity index (χ3v) is 9.42. The van der Waals surface area contributed by atoms with Crippen molar-refractivity contribution in [2.24, 2.45) is 28.6 Å². The lowest BCUT2D eigenvalue weighted by Gasteiger charge is -2.57. The quantitative estimate of drug-likeness (QED) is 0.583. The van der Waals surface area contributed by atoms with E-state index in [4.69, 9.17) is 4.74 Å². The van der Waals surface area contributed by atoms with E-state index in [1.807, 2.05) is 0 Å². The molecule has 0 N–H and O–H groups in total. The number of Topliss-reactive ketones (excluding diaryl/α,β-unsaturated/α-hetero) is 1. The van der Waals surface area contributed by atoms with Crippen molar-refractivity contribution in [3.05, 3.63) is 11.6 Å². The van der Waals surface area contributed by atoms with Crippen LogP contribution in [-0.4, -0.2) is 43.0 Å². The van der Waals surface area contributed by atoms with E-state index in [0.717, 1.165) is 63.8 Å². The number of allylic oxidation sites excluding steroid dienone is 1. The molecule has 3 heteroatoms. The molecule has 0 radical (unpaired) electrons. The SMILES string of the molecule is CCN(CC)CCOC1CC[C@@]2(C)C(=CC[C@@H]3[C@@H]2CC[C@]2(C)C(=O)CC[C@@H]32)C1. The molecule has 3 nitrogen and oxygen atoms in total. The van der Waals surface area contributed by atoms with Crippen molar-refractivity contribution in [2.75, 3.05) is 26.2 Å². The predicted molar refractivity (Wildman–Crippen MR) is 114 cm³/mol. The highest BCUT2D eigenvalue weighted by atomic mass is 16.5. The smallest absolute Gasteiger partial charge is 0.139 e. The minimum Gasteiger partial charge on any atom is -0.377 e. The Morgan fingerprint density at radius 2 is 1.79 bits per heavy atom. The molecule has 3 fully saturated rings. The average Bonchev–Trinajstić information content (AvgIpc) is 3.00. The fourth-order valence-electron chi connectivity index (χ4n) is 7.43. The van der Waals surface area contributed by atoms with E-state index in [-0.39, 0.29) is 5.41 Å². The summed E-state index contributed by atoms with van der Waals surface area (Å²) in [6.45, 7) is 13.4. The Morgan fingerprint density at radius 1 is 1.07 bits per heavy atom. The van der Waals surface area contributed by atoms with Crippen molar-refractivity contribution in [2.45, 2.75) is 85.2 Å². The molecule has 4 aliphatic rings. The molecule has 158 valence electrons. The molecule has 0 saturated heterocycles. The number of nitrogens with zero attached hydrogens (tertiary/aromatic N) is 1. The van der Waals surface area contributed by atoms with Crippen LogP contribution in [0.3, 0.4) is 0 Å². The number of fused-ring (bicyclic) bond motifs is 5. The molecule has 0 aromatic heterocycles. The maximum Gasteiger partial charge on any atom is 0.139 e. The topological polar surface area (TPSA) is 29.5 Å². The van der Waals surface area contributed by atoms with Crippen LogP contribution in [0, 0.1) is 28.6 Å². The van der Waals surface area contributed by atoms with Crippen LogP contribution in [0.2, 0.25) is 0 Å². The summed E-state index contributed by atoms with van der Waals surface area (Å²) in [5.41, 5.74) is 2.03. The number of ketones is 1. The zero-order chi connectivity index (χ0) is 19.9. The van der Waals surface area contributed by atoms with Gasteiger partial charge in [0.1, 0.15) is 5.78 Å². The highest BCUT2D eigenvalue weighted by Crippen LogP contribution is 2.64. The van der Waals surface area contributed by atoms with E-state index in [2.05, 4.69) is 38.7 Å². The van der Waals surface area contributed by atoms with Crippen LogP contribution in [0.1, 0.15) is 79.1 Å². The summed E-state index contributed by atoms with van der Waals surface area (Å²) >= 11 is 0. The molecule has 1 unspecified atom stereocenters. The molecule has 4 rings (SSSR count). The number of carbonyl (C=O) groups excluding carboxylic acids is 1. The second-order valence-corrected chi connectivity index (χ2v) is 10.4. The van der Waals surface area contributed by atoms with Gasteiger partial charge in [0.2, 0.25) is 0 Å². The van der Waals surface area contributed by atoms with Gasteiger partial charge in [-0.3, -0.25) is 4.79 Å². The summed E-state index contributed by atoms with van der Waals surface area (Å²) in [5, 5.41) is 0. The third-order valence-electron chi connectivity index (χ3n) is 9.42. The van der Waals surface area contributed by atoms with Crippen LogP contribution >= 0.6 is 0 Å². The van der Waals surface area contributed by atoms with Gasteiger partial charge < -0.3 is 9.64 Å². The Balaban J connectivity index is 1.42. The van der Waals surface area contributed by atoms with Gasteiger partial charge in [0, 0.05) is 18.4 Å². The van der Waals surface area contributed by atoms with Gasteiger partial charge in [-0.25, -0.2) is 0 Å². The zero-order valence-corrected chi connectivity index (χ0v) is 18.6. The van der Waals surface area contributed by atoms with Crippen LogP contribution in [-0.2, 0) is 9.53 Å². The third kappa shape index (κ3) is 3.31. The van der Waals surface area contributed by atoms with Gasteiger partial charge in [0.25, 0.3) is 0 Å². The highest BCUT2D eigenvalue weighted by Gasteiger charge is 2.58. The van der Waals surface area contributed by atoms with E-state index in [1.54, 1.807) is 5.57 Å². The molecule has 0 spiro atoms. The van der Waals surface area contributed by atoms with E-state index in [1.165, 1.54) is 25.7 Å². The summed E-state index contributed by atoms with van der Waals surface area (Å²) in [4.78, 5) is 15.0. The first-order chi connectivity index (χ1) is 13.4. The normalized spacial score (nSPS) is 42.8. The first-order valence-electron chi connectivity index (χ1n) is 12.0. The summed E-state index contributed by atoms with van der Waals surface area (Å²) in [5.74, 6) is 2.71. The fourth-order valence-corrected chi connectivity index (χ4v) is 7.43. The minimum atomic E-state index is -0.00634. The van der Waals surface area contributed by atoms with Gasteiger partial charge in [-0.2, -0.15) is 0 Å². The van der Waals surface area contributed by atoms with E-state index < -0.39 is 0 Å². The fraction of sp³-hybridized carbons (Fsp3) is 0.880. The van der Waals surface area contributed by atoms with Crippen molar-refractivity contribution in [3.8, 4) is 0 Å². The second kappa shape index (κ2) is 7.87. The number of ether oxygens (including phenoxy) is 1. The van der Waals surface area contributed by atoms with Gasteiger partial charge in [0.05, 0.1) is 12.7 Å². The Bertz CT molecular complexity index is 624. The van der Waals surface area contributed by atoms with Crippen molar-refractivity contribution in [1.82, 2.24) is 4.90 Å². The molecule has 0 aromatic carbocycles. The lowest BCUT2D eigenvalue weighted by Crippen LogP contribution is -2.50. The van der Waals surface area contributed by atoms with Crippen LogP contribution in [0.4, 0.5) is 0 Å². The summed E-state index contributed by atoms with van der Waals surface area (Å²) in [6, 6.07) is 0. The van der Waals surface area contributed by atoms with Gasteiger partial charge in [-0.1, -0.05) is 39.3 Å². The van der Waals surface area contributed by atoms with E-state index in [9.17, 15) is 4.79 Å². The molecule has 6 atom stereocenters. The predicted octanol–water partition coefficient (Wildman–Crippen LogP) is 5.25. The molecule has 3 saturated carbocycles. The first kappa shape index (κ1) is 20.6. The number of likely N-dealkylation sites (N-methyl/N-ethyl adjacent to an activating group) is 1. The van der Waals surface area contributed by atoms with Crippen molar-refractivity contribution in [1.29, 1.82) is 0 Å². The molecular formula is C25H41NO2. The Morgan fingerprint density at radius 3 is 2.54 bits per heavy atom. The van der Waals surface area contributed by atoms with Crippen LogP contribution in [0.15, 0.2) is 11.6 Å². The Hall–Kier alpha value is -0.670. The van der Waals surface area contributed by atoms with Crippen molar-refractivity contribution in [3.63, 3.8) is 0 Å². The molecular weight excluding hydrogens is 346 g/mol. The summed E-state index contributed by atoms with van der Waals surface area (Å²) in [7, 11) is 0. The Labute approximate surface area is 172 Å². The largest absolute Gasteiger partial charge is 0.377 e. The Kier molecular flexibility index (Phi) is 5.79. The number of rotatable bonds is 6. The van der Waals surface area contributed by atoms with Crippen LogP contribution < -0.4 is 0 Å². The van der Waals surface area contributed by atoms with Crippen LogP contribution in [0.5, 0.6) is 0 Å². The molecule has 0 bridgehead atoms.